The van der Waals surface area contributed by atoms with E-state index in [1.165, 1.54) is 6.07 Å². The van der Waals surface area contributed by atoms with Crippen LogP contribution in [0.15, 0.2) is 42.5 Å². The van der Waals surface area contributed by atoms with Crippen molar-refractivity contribution < 1.29 is 32.3 Å². The van der Waals surface area contributed by atoms with E-state index >= 15 is 0 Å². The standard InChI is InChI=1S/C27H27ClF3N3O4S/c28-19-4-2-1-3-17(19)5-8-22(35)26(9-11-34(12-10-26)24(36)15-32)16-38-25(37)14-23-33-20-7-6-18(27(29,30)31)13-21(20)39-23/h1-4,6-7,13H,5,8-12,14-16,32H2. The third-order valence-corrected chi connectivity index (χ3v) is 8.37. The van der Waals surface area contributed by atoms with Crippen molar-refractivity contribution in [3.05, 3.63) is 63.6 Å². The minimum Gasteiger partial charge on any atom is -0.464 e. The fourth-order valence-electron chi connectivity index (χ4n) is 4.65. The molecule has 0 spiro atoms. The average molecular weight is 582 g/mol. The van der Waals surface area contributed by atoms with Crippen molar-refractivity contribution in [2.24, 2.45) is 11.1 Å². The summed E-state index contributed by atoms with van der Waals surface area (Å²) < 4.78 is 44.9. The van der Waals surface area contributed by atoms with Gasteiger partial charge in [-0.2, -0.15) is 13.2 Å². The zero-order chi connectivity index (χ0) is 28.2. The Bertz CT molecular complexity index is 1370. The SMILES string of the molecule is NCC(=O)N1CCC(COC(=O)Cc2nc3ccc(C(F)(F)F)cc3s2)(C(=O)CCc2ccccc2Cl)CC1. The first kappa shape index (κ1) is 29.0. The molecule has 0 bridgehead atoms. The van der Waals surface area contributed by atoms with Gasteiger partial charge in [-0.25, -0.2) is 4.98 Å². The summed E-state index contributed by atoms with van der Waals surface area (Å²) in [7, 11) is 0. The fraction of sp³-hybridized carbons (Fsp3) is 0.407. The number of thiazole rings is 1. The number of carbonyl (C=O) groups is 3. The second-order valence-electron chi connectivity index (χ2n) is 9.51. The molecule has 2 aromatic carbocycles. The van der Waals surface area contributed by atoms with Gasteiger partial charge < -0.3 is 15.4 Å². The maximum absolute atomic E-state index is 13.5. The normalized spacial score (nSPS) is 15.4. The number of alkyl halides is 3. The number of aryl methyl sites for hydroxylation is 1. The number of carbonyl (C=O) groups excluding carboxylic acids is 3. The predicted octanol–water partition coefficient (Wildman–Crippen LogP) is 4.82. The largest absolute Gasteiger partial charge is 0.464 e. The van der Waals surface area contributed by atoms with Gasteiger partial charge in [0.25, 0.3) is 0 Å². The summed E-state index contributed by atoms with van der Waals surface area (Å²) in [4.78, 5) is 44.1. The van der Waals surface area contributed by atoms with E-state index in [0.717, 1.165) is 29.0 Å². The highest BCUT2D eigenvalue weighted by Crippen LogP contribution is 2.36. The van der Waals surface area contributed by atoms with Crippen molar-refractivity contribution in [1.29, 1.82) is 0 Å². The van der Waals surface area contributed by atoms with Crippen molar-refractivity contribution in [3.8, 4) is 0 Å². The fourth-order valence-corrected chi connectivity index (χ4v) is 5.87. The second kappa shape index (κ2) is 12.0. The zero-order valence-corrected chi connectivity index (χ0v) is 22.5. The maximum atomic E-state index is 13.5. The molecule has 1 fully saturated rings. The van der Waals surface area contributed by atoms with Gasteiger partial charge in [-0.3, -0.25) is 14.4 Å². The van der Waals surface area contributed by atoms with Crippen LogP contribution in [0.1, 0.15) is 35.4 Å². The van der Waals surface area contributed by atoms with Crippen molar-refractivity contribution in [2.45, 2.75) is 38.3 Å². The molecule has 1 amide bonds. The minimum absolute atomic E-state index is 0.0882. The number of nitrogens with zero attached hydrogens (tertiary/aromatic N) is 2. The Morgan fingerprint density at radius 2 is 1.85 bits per heavy atom. The Morgan fingerprint density at radius 3 is 2.51 bits per heavy atom. The van der Waals surface area contributed by atoms with Gasteiger partial charge in [0.1, 0.15) is 17.4 Å². The number of ketones is 1. The second-order valence-corrected chi connectivity index (χ2v) is 11.0. The summed E-state index contributed by atoms with van der Waals surface area (Å²) in [5, 5.41) is 0.879. The highest BCUT2D eigenvalue weighted by molar-refractivity contribution is 7.18. The summed E-state index contributed by atoms with van der Waals surface area (Å²) in [5.74, 6) is -0.938. The van der Waals surface area contributed by atoms with E-state index in [1.54, 1.807) is 17.0 Å². The Labute approximate surface area is 232 Å². The van der Waals surface area contributed by atoms with Gasteiger partial charge in [0.15, 0.2) is 0 Å². The molecule has 0 aliphatic carbocycles. The Hall–Kier alpha value is -3.02. The number of Topliss-reactive ketones (excluding diaryl/α,β-unsaturated/α-hetero) is 1. The average Bonchev–Trinajstić information content (AvgIpc) is 3.32. The molecule has 0 saturated carbocycles. The van der Waals surface area contributed by atoms with Crippen LogP contribution in [0, 0.1) is 5.41 Å². The van der Waals surface area contributed by atoms with Crippen LogP contribution in [-0.2, 0) is 38.1 Å². The molecule has 3 aromatic rings. The lowest BCUT2D eigenvalue weighted by Gasteiger charge is -2.40. The smallest absolute Gasteiger partial charge is 0.416 e. The number of benzene rings is 2. The van der Waals surface area contributed by atoms with Gasteiger partial charge >= 0.3 is 12.1 Å². The van der Waals surface area contributed by atoms with Crippen LogP contribution in [0.5, 0.6) is 0 Å². The molecule has 1 aliphatic rings. The summed E-state index contributed by atoms with van der Waals surface area (Å²) in [5.41, 5.74) is 4.92. The first-order valence-corrected chi connectivity index (χ1v) is 13.6. The van der Waals surface area contributed by atoms with Crippen LogP contribution in [0.4, 0.5) is 13.2 Å². The highest BCUT2D eigenvalue weighted by atomic mass is 35.5. The Kier molecular flexibility index (Phi) is 8.93. The number of nitrogens with two attached hydrogens (primary N) is 1. The maximum Gasteiger partial charge on any atom is 0.416 e. The van der Waals surface area contributed by atoms with Crippen LogP contribution in [-0.4, -0.2) is 53.8 Å². The van der Waals surface area contributed by atoms with Gasteiger partial charge in [-0.1, -0.05) is 29.8 Å². The third kappa shape index (κ3) is 6.95. The molecule has 12 heteroatoms. The van der Waals surface area contributed by atoms with E-state index in [0.29, 0.717) is 52.6 Å². The van der Waals surface area contributed by atoms with Gasteiger partial charge in [0, 0.05) is 24.5 Å². The predicted molar refractivity (Wildman–Crippen MR) is 141 cm³/mol. The number of esters is 1. The summed E-state index contributed by atoms with van der Waals surface area (Å²) >= 11 is 7.23. The first-order chi connectivity index (χ1) is 18.5. The zero-order valence-electron chi connectivity index (χ0n) is 20.9. The molecule has 39 heavy (non-hydrogen) atoms. The molecule has 2 heterocycles. The summed E-state index contributed by atoms with van der Waals surface area (Å²) in [6.45, 7) is 0.325. The van der Waals surface area contributed by atoms with Crippen molar-refractivity contribution >= 4 is 50.8 Å². The Morgan fingerprint density at radius 1 is 1.13 bits per heavy atom. The van der Waals surface area contributed by atoms with Crippen molar-refractivity contribution in [2.75, 3.05) is 26.2 Å². The molecule has 1 aromatic heterocycles. The topological polar surface area (TPSA) is 103 Å². The van der Waals surface area contributed by atoms with Gasteiger partial charge in [0.2, 0.25) is 5.91 Å². The quantitative estimate of drug-likeness (QED) is 0.363. The number of piperidine rings is 1. The molecule has 1 saturated heterocycles. The molecular formula is C27H27ClF3N3O4S. The Balaban J connectivity index is 1.43. The number of hydrogen-bond acceptors (Lipinski definition) is 7. The number of ether oxygens (including phenoxy) is 1. The molecule has 2 N–H and O–H groups in total. The molecular weight excluding hydrogens is 555 g/mol. The van der Waals surface area contributed by atoms with Gasteiger partial charge in [-0.15, -0.1) is 11.3 Å². The number of fused-ring (bicyclic) bond motifs is 1. The number of aromatic nitrogens is 1. The third-order valence-electron chi connectivity index (χ3n) is 6.98. The van der Waals surface area contributed by atoms with E-state index in [-0.39, 0.29) is 37.7 Å². The van der Waals surface area contributed by atoms with Crippen LogP contribution in [0.2, 0.25) is 5.02 Å². The van der Waals surface area contributed by atoms with Crippen LogP contribution >= 0.6 is 22.9 Å². The molecule has 0 unspecified atom stereocenters. The minimum atomic E-state index is -4.48. The van der Waals surface area contributed by atoms with Crippen molar-refractivity contribution in [3.63, 3.8) is 0 Å². The van der Waals surface area contributed by atoms with E-state index < -0.39 is 23.1 Å². The number of rotatable bonds is 9. The number of hydrogen-bond donors (Lipinski definition) is 1. The highest BCUT2D eigenvalue weighted by Gasteiger charge is 2.42. The summed E-state index contributed by atoms with van der Waals surface area (Å²) in [6, 6.07) is 10.5. The first-order valence-electron chi connectivity index (χ1n) is 12.4. The lowest BCUT2D eigenvalue weighted by atomic mass is 9.73. The lowest BCUT2D eigenvalue weighted by Crippen LogP contribution is -2.50. The molecule has 0 radical (unpaired) electrons. The molecule has 7 nitrogen and oxygen atoms in total. The van der Waals surface area contributed by atoms with E-state index in [2.05, 4.69) is 4.98 Å². The monoisotopic (exact) mass is 581 g/mol. The number of amides is 1. The lowest BCUT2D eigenvalue weighted by molar-refractivity contribution is -0.153. The van der Waals surface area contributed by atoms with Crippen LogP contribution in [0.25, 0.3) is 10.2 Å². The molecule has 0 atom stereocenters. The van der Waals surface area contributed by atoms with E-state index in [9.17, 15) is 27.6 Å². The van der Waals surface area contributed by atoms with Crippen LogP contribution in [0.3, 0.4) is 0 Å². The number of likely N-dealkylation sites (tertiary alicyclic amines) is 1. The van der Waals surface area contributed by atoms with Crippen molar-refractivity contribution in [1.82, 2.24) is 9.88 Å². The number of halogens is 4. The van der Waals surface area contributed by atoms with E-state index in [4.69, 9.17) is 22.1 Å². The van der Waals surface area contributed by atoms with Gasteiger partial charge in [-0.05, 0) is 49.1 Å². The molecule has 1 aliphatic heterocycles. The molecule has 208 valence electrons. The van der Waals surface area contributed by atoms with Crippen LogP contribution < -0.4 is 5.73 Å². The summed E-state index contributed by atoms with van der Waals surface area (Å²) in [6.07, 6.45) is -3.48. The molecule has 4 rings (SSSR count). The van der Waals surface area contributed by atoms with Gasteiger partial charge in [0.05, 0.1) is 34.2 Å². The van der Waals surface area contributed by atoms with E-state index in [1.807, 2.05) is 12.1 Å².